The Kier molecular flexibility index (Phi) is 8.49. The summed E-state index contributed by atoms with van der Waals surface area (Å²) in [6.45, 7) is 12.2. The maximum atomic E-state index is 12.5. The van der Waals surface area contributed by atoms with E-state index in [0.29, 0.717) is 19.0 Å². The number of hydrogen-bond acceptors (Lipinski definition) is 5. The highest BCUT2D eigenvalue weighted by molar-refractivity contribution is 7.54. The van der Waals surface area contributed by atoms with E-state index in [4.69, 9.17) is 9.05 Å². The Labute approximate surface area is 163 Å². The molecule has 0 bridgehead atoms. The van der Waals surface area contributed by atoms with Gasteiger partial charge in [0.05, 0.1) is 13.2 Å². The molecule has 1 amide bonds. The summed E-state index contributed by atoms with van der Waals surface area (Å²) in [4.78, 5) is 16.6. The van der Waals surface area contributed by atoms with Crippen molar-refractivity contribution < 1.29 is 18.4 Å². The standard InChI is InChI=1S/C20H33N2O4P/c1-5-25-27(24,26-6-2)16-20(23)22-13-11-21(12-14-22)15-18-7-9-19(10-8-18)17(3)4/h7-10,17H,5-6,11-16H2,1-4H3. The normalized spacial score (nSPS) is 16.1. The fraction of sp³-hybridized carbons (Fsp3) is 0.650. The molecule has 152 valence electrons. The molecular weight excluding hydrogens is 363 g/mol. The SMILES string of the molecule is CCOP(=O)(CC(=O)N1CCN(Cc2ccc(C(C)C)cc2)CC1)OCC. The van der Waals surface area contributed by atoms with E-state index in [1.807, 2.05) is 0 Å². The van der Waals surface area contributed by atoms with Gasteiger partial charge in [0.2, 0.25) is 5.91 Å². The van der Waals surface area contributed by atoms with Crippen LogP contribution in [0.2, 0.25) is 0 Å². The first-order chi connectivity index (χ1) is 12.9. The number of amides is 1. The Hall–Kier alpha value is -1.20. The van der Waals surface area contributed by atoms with Gasteiger partial charge in [0.25, 0.3) is 0 Å². The van der Waals surface area contributed by atoms with Gasteiger partial charge in [-0.25, -0.2) is 0 Å². The molecule has 1 aromatic carbocycles. The Morgan fingerprint density at radius 2 is 1.59 bits per heavy atom. The van der Waals surface area contributed by atoms with Gasteiger partial charge in [0, 0.05) is 32.7 Å². The molecule has 0 aromatic heterocycles. The van der Waals surface area contributed by atoms with Crippen molar-refractivity contribution in [2.45, 2.75) is 40.2 Å². The second-order valence-electron chi connectivity index (χ2n) is 7.16. The molecule has 7 heteroatoms. The Balaban J connectivity index is 1.83. The summed E-state index contributed by atoms with van der Waals surface area (Å²) in [5.41, 5.74) is 2.64. The van der Waals surface area contributed by atoms with E-state index < -0.39 is 7.60 Å². The van der Waals surface area contributed by atoms with Crippen LogP contribution in [0.1, 0.15) is 44.7 Å². The largest absolute Gasteiger partial charge is 0.340 e. The molecule has 1 aliphatic rings. The minimum atomic E-state index is -3.33. The minimum Gasteiger partial charge on any atom is -0.340 e. The van der Waals surface area contributed by atoms with Crippen molar-refractivity contribution in [3.05, 3.63) is 35.4 Å². The molecule has 0 saturated carbocycles. The molecule has 0 atom stereocenters. The molecule has 0 aliphatic carbocycles. The summed E-state index contributed by atoms with van der Waals surface area (Å²) in [6, 6.07) is 8.76. The average Bonchev–Trinajstić information content (AvgIpc) is 2.63. The van der Waals surface area contributed by atoms with Gasteiger partial charge < -0.3 is 13.9 Å². The first-order valence-corrected chi connectivity index (χ1v) is 11.6. The van der Waals surface area contributed by atoms with E-state index in [9.17, 15) is 9.36 Å². The number of carbonyl (C=O) groups is 1. The lowest BCUT2D eigenvalue weighted by Crippen LogP contribution is -2.49. The molecule has 1 aromatic rings. The van der Waals surface area contributed by atoms with Crippen LogP contribution in [0.3, 0.4) is 0 Å². The van der Waals surface area contributed by atoms with E-state index in [2.05, 4.69) is 43.0 Å². The van der Waals surface area contributed by atoms with E-state index in [1.54, 1.807) is 18.7 Å². The van der Waals surface area contributed by atoms with Crippen LogP contribution >= 0.6 is 7.60 Å². The molecule has 0 unspecified atom stereocenters. The van der Waals surface area contributed by atoms with Gasteiger partial charge in [-0.05, 0) is 30.9 Å². The number of hydrogen-bond donors (Lipinski definition) is 0. The highest BCUT2D eigenvalue weighted by Crippen LogP contribution is 2.47. The quantitative estimate of drug-likeness (QED) is 0.596. The molecule has 6 nitrogen and oxygen atoms in total. The van der Waals surface area contributed by atoms with Gasteiger partial charge in [-0.2, -0.15) is 0 Å². The van der Waals surface area contributed by atoms with Gasteiger partial charge in [0.1, 0.15) is 6.16 Å². The summed E-state index contributed by atoms with van der Waals surface area (Å²) in [6.07, 6.45) is -0.175. The van der Waals surface area contributed by atoms with Crippen LogP contribution < -0.4 is 0 Å². The maximum Gasteiger partial charge on any atom is 0.340 e. The highest BCUT2D eigenvalue weighted by Gasteiger charge is 2.31. The molecule has 1 heterocycles. The van der Waals surface area contributed by atoms with Crippen LogP contribution in [0.4, 0.5) is 0 Å². The van der Waals surface area contributed by atoms with Crippen LogP contribution in [0.25, 0.3) is 0 Å². The topological polar surface area (TPSA) is 59.1 Å². The Morgan fingerprint density at radius 1 is 1.04 bits per heavy atom. The van der Waals surface area contributed by atoms with Crippen LogP contribution in [0.15, 0.2) is 24.3 Å². The van der Waals surface area contributed by atoms with Crippen LogP contribution in [0, 0.1) is 0 Å². The second kappa shape index (κ2) is 10.4. The Morgan fingerprint density at radius 3 is 2.07 bits per heavy atom. The third kappa shape index (κ3) is 6.72. The maximum absolute atomic E-state index is 12.5. The van der Waals surface area contributed by atoms with E-state index in [-0.39, 0.29) is 25.3 Å². The predicted octanol–water partition coefficient (Wildman–Crippen LogP) is 3.72. The summed E-state index contributed by atoms with van der Waals surface area (Å²) in [5.74, 6) is 0.388. The van der Waals surface area contributed by atoms with Crippen LogP contribution in [-0.4, -0.2) is 61.3 Å². The number of benzene rings is 1. The first-order valence-electron chi connectivity index (χ1n) is 9.84. The Bertz CT molecular complexity index is 630. The third-order valence-corrected chi connectivity index (χ3v) is 6.72. The summed E-state index contributed by atoms with van der Waals surface area (Å²) >= 11 is 0. The van der Waals surface area contributed by atoms with E-state index >= 15 is 0 Å². The lowest BCUT2D eigenvalue weighted by atomic mass is 10.0. The molecule has 1 aliphatic heterocycles. The first kappa shape index (κ1) is 22.1. The number of piperazine rings is 1. The van der Waals surface area contributed by atoms with Crippen molar-refractivity contribution in [2.75, 3.05) is 45.6 Å². The molecule has 27 heavy (non-hydrogen) atoms. The predicted molar refractivity (Wildman–Crippen MR) is 108 cm³/mol. The third-order valence-electron chi connectivity index (χ3n) is 4.76. The van der Waals surface area contributed by atoms with Crippen molar-refractivity contribution in [1.82, 2.24) is 9.80 Å². The van der Waals surface area contributed by atoms with Gasteiger partial charge >= 0.3 is 7.60 Å². The fourth-order valence-electron chi connectivity index (χ4n) is 3.21. The zero-order valence-electron chi connectivity index (χ0n) is 17.0. The monoisotopic (exact) mass is 396 g/mol. The molecule has 0 spiro atoms. The van der Waals surface area contributed by atoms with Crippen LogP contribution in [-0.2, 0) is 25.0 Å². The lowest BCUT2D eigenvalue weighted by Gasteiger charge is -2.35. The van der Waals surface area contributed by atoms with E-state index in [1.165, 1.54) is 11.1 Å². The van der Waals surface area contributed by atoms with Gasteiger partial charge in [-0.1, -0.05) is 38.1 Å². The van der Waals surface area contributed by atoms with Gasteiger partial charge in [-0.3, -0.25) is 14.3 Å². The smallest absolute Gasteiger partial charge is 0.340 e. The summed E-state index contributed by atoms with van der Waals surface area (Å²) < 4.78 is 23.0. The van der Waals surface area contributed by atoms with Crippen molar-refractivity contribution >= 4 is 13.5 Å². The molecule has 0 radical (unpaired) electrons. The zero-order chi connectivity index (χ0) is 19.9. The number of carbonyl (C=O) groups excluding carboxylic acids is 1. The highest BCUT2D eigenvalue weighted by atomic mass is 31.2. The van der Waals surface area contributed by atoms with E-state index in [0.717, 1.165) is 19.6 Å². The molecular formula is C20H33N2O4P. The second-order valence-corrected chi connectivity index (χ2v) is 9.21. The van der Waals surface area contributed by atoms with Crippen molar-refractivity contribution in [1.29, 1.82) is 0 Å². The number of nitrogens with zero attached hydrogens (tertiary/aromatic N) is 2. The summed E-state index contributed by atoms with van der Waals surface area (Å²) in [7, 11) is -3.33. The molecule has 1 fully saturated rings. The van der Waals surface area contributed by atoms with Gasteiger partial charge in [-0.15, -0.1) is 0 Å². The molecule has 1 saturated heterocycles. The van der Waals surface area contributed by atoms with Gasteiger partial charge in [0.15, 0.2) is 0 Å². The number of rotatable bonds is 9. The summed E-state index contributed by atoms with van der Waals surface area (Å²) in [5, 5.41) is 0. The van der Waals surface area contributed by atoms with Crippen molar-refractivity contribution in [3.8, 4) is 0 Å². The lowest BCUT2D eigenvalue weighted by molar-refractivity contribution is -0.130. The van der Waals surface area contributed by atoms with Crippen LogP contribution in [0.5, 0.6) is 0 Å². The average molecular weight is 396 g/mol. The molecule has 2 rings (SSSR count). The van der Waals surface area contributed by atoms with Crippen molar-refractivity contribution in [2.24, 2.45) is 0 Å². The van der Waals surface area contributed by atoms with Crippen molar-refractivity contribution in [3.63, 3.8) is 0 Å². The zero-order valence-corrected chi connectivity index (χ0v) is 17.9. The molecule has 0 N–H and O–H groups in total. The fourth-order valence-corrected chi connectivity index (χ4v) is 4.78. The minimum absolute atomic E-state index is 0.152.